The molecule has 0 bridgehead atoms. The van der Waals surface area contributed by atoms with Crippen molar-refractivity contribution in [2.75, 3.05) is 0 Å². The number of rotatable bonds is 4. The predicted octanol–water partition coefficient (Wildman–Crippen LogP) is 3.77. The van der Waals surface area contributed by atoms with Crippen molar-refractivity contribution in [1.82, 2.24) is 15.3 Å². The second-order valence-corrected chi connectivity index (χ2v) is 5.51. The second kappa shape index (κ2) is 6.99. The first-order chi connectivity index (χ1) is 12.3. The number of carbonyl (C=O) groups excluding carboxylic acids is 1. The number of para-hydroxylation sites is 1. The van der Waals surface area contributed by atoms with Crippen molar-refractivity contribution in [3.05, 3.63) is 65.6 Å². The van der Waals surface area contributed by atoms with E-state index in [4.69, 9.17) is 0 Å². The Labute approximate surface area is 146 Å². The molecule has 0 atom stereocenters. The second-order valence-electron chi connectivity index (χ2n) is 5.51. The maximum absolute atomic E-state index is 12.5. The summed E-state index contributed by atoms with van der Waals surface area (Å²) < 4.78 is 40.3. The van der Waals surface area contributed by atoms with Crippen molar-refractivity contribution in [2.24, 2.45) is 0 Å². The Morgan fingerprint density at radius 2 is 1.77 bits per heavy atom. The van der Waals surface area contributed by atoms with Gasteiger partial charge in [-0.15, -0.1) is 13.2 Å². The molecule has 0 saturated carbocycles. The molecule has 0 unspecified atom stereocenters. The van der Waals surface area contributed by atoms with Crippen LogP contribution in [0, 0.1) is 6.92 Å². The Kier molecular flexibility index (Phi) is 4.75. The molecule has 134 valence electrons. The summed E-state index contributed by atoms with van der Waals surface area (Å²) in [5, 5.41) is 3.34. The van der Waals surface area contributed by atoms with Crippen LogP contribution in [-0.2, 0) is 6.54 Å². The Balaban J connectivity index is 1.72. The van der Waals surface area contributed by atoms with Crippen LogP contribution in [0.4, 0.5) is 13.2 Å². The van der Waals surface area contributed by atoms with Gasteiger partial charge < -0.3 is 10.1 Å². The molecule has 0 saturated heterocycles. The van der Waals surface area contributed by atoms with Gasteiger partial charge in [-0.05, 0) is 30.7 Å². The highest BCUT2D eigenvalue weighted by atomic mass is 19.4. The maximum atomic E-state index is 12.5. The van der Waals surface area contributed by atoms with Gasteiger partial charge in [0.2, 0.25) is 0 Å². The molecule has 1 aromatic heterocycles. The highest BCUT2D eigenvalue weighted by Gasteiger charge is 2.30. The lowest BCUT2D eigenvalue weighted by molar-refractivity contribution is -0.274. The summed E-state index contributed by atoms with van der Waals surface area (Å²) in [7, 11) is 0. The van der Waals surface area contributed by atoms with E-state index in [-0.39, 0.29) is 23.9 Å². The van der Waals surface area contributed by atoms with Crippen molar-refractivity contribution in [3.8, 4) is 5.75 Å². The van der Waals surface area contributed by atoms with Crippen molar-refractivity contribution in [3.63, 3.8) is 0 Å². The summed E-state index contributed by atoms with van der Waals surface area (Å²) in [6.45, 7) is 1.84. The standard InChI is InChI=1S/C18H14F3N3O2/c1-11-23-15-5-3-2-4-14(15)16(24-11)17(25)22-10-12-6-8-13(9-7-12)26-18(19,20)21/h2-9H,10H2,1H3,(H,22,25). The molecule has 0 radical (unpaired) electrons. The highest BCUT2D eigenvalue weighted by Crippen LogP contribution is 2.22. The minimum Gasteiger partial charge on any atom is -0.406 e. The van der Waals surface area contributed by atoms with E-state index in [1.165, 1.54) is 24.3 Å². The van der Waals surface area contributed by atoms with Crippen molar-refractivity contribution < 1.29 is 22.7 Å². The average Bonchev–Trinajstić information content (AvgIpc) is 2.58. The van der Waals surface area contributed by atoms with Crippen molar-refractivity contribution >= 4 is 16.8 Å². The molecule has 26 heavy (non-hydrogen) atoms. The molecule has 3 rings (SSSR count). The van der Waals surface area contributed by atoms with Gasteiger partial charge in [-0.1, -0.05) is 30.3 Å². The van der Waals surface area contributed by atoms with Crippen molar-refractivity contribution in [1.29, 1.82) is 0 Å². The Bertz CT molecular complexity index is 941. The molecular weight excluding hydrogens is 347 g/mol. The van der Waals surface area contributed by atoms with Gasteiger partial charge in [0.05, 0.1) is 5.52 Å². The average molecular weight is 361 g/mol. The van der Waals surface area contributed by atoms with Crippen LogP contribution < -0.4 is 10.1 Å². The number of hydrogen-bond donors (Lipinski definition) is 1. The number of nitrogens with one attached hydrogen (secondary N) is 1. The van der Waals surface area contributed by atoms with E-state index < -0.39 is 6.36 Å². The smallest absolute Gasteiger partial charge is 0.406 e. The van der Waals surface area contributed by atoms with Crippen LogP contribution >= 0.6 is 0 Å². The zero-order chi connectivity index (χ0) is 18.7. The number of amides is 1. The number of halogens is 3. The Morgan fingerprint density at radius 3 is 2.46 bits per heavy atom. The normalized spacial score (nSPS) is 11.4. The van der Waals surface area contributed by atoms with Gasteiger partial charge in [0.15, 0.2) is 0 Å². The molecule has 0 aliphatic rings. The SMILES string of the molecule is Cc1nc(C(=O)NCc2ccc(OC(F)(F)F)cc2)c2ccccc2n1. The highest BCUT2D eigenvalue weighted by molar-refractivity contribution is 6.04. The summed E-state index contributed by atoms with van der Waals surface area (Å²) >= 11 is 0. The molecule has 5 nitrogen and oxygen atoms in total. The quantitative estimate of drug-likeness (QED) is 0.768. The number of benzene rings is 2. The van der Waals surface area contributed by atoms with Gasteiger partial charge in [0.25, 0.3) is 5.91 Å². The van der Waals surface area contributed by atoms with Crippen LogP contribution in [0.3, 0.4) is 0 Å². The molecule has 1 heterocycles. The molecule has 0 aliphatic heterocycles. The van der Waals surface area contributed by atoms with E-state index in [2.05, 4.69) is 20.0 Å². The van der Waals surface area contributed by atoms with E-state index in [9.17, 15) is 18.0 Å². The lowest BCUT2D eigenvalue weighted by atomic mass is 10.1. The predicted molar refractivity (Wildman–Crippen MR) is 88.6 cm³/mol. The molecule has 0 spiro atoms. The van der Waals surface area contributed by atoms with Gasteiger partial charge in [-0.2, -0.15) is 0 Å². The maximum Gasteiger partial charge on any atom is 0.573 e. The molecule has 1 N–H and O–H groups in total. The minimum absolute atomic E-state index is 0.141. The fraction of sp³-hybridized carbons (Fsp3) is 0.167. The minimum atomic E-state index is -4.73. The number of nitrogens with zero attached hydrogens (tertiary/aromatic N) is 2. The molecule has 0 aliphatic carbocycles. The number of ether oxygens (including phenoxy) is 1. The monoisotopic (exact) mass is 361 g/mol. The molecule has 0 fully saturated rings. The Morgan fingerprint density at radius 1 is 1.08 bits per heavy atom. The lowest BCUT2D eigenvalue weighted by Crippen LogP contribution is -2.24. The number of alkyl halides is 3. The third-order valence-corrected chi connectivity index (χ3v) is 3.54. The van der Waals surface area contributed by atoms with E-state index in [0.717, 1.165) is 0 Å². The molecule has 3 aromatic rings. The van der Waals surface area contributed by atoms with Gasteiger partial charge in [-0.3, -0.25) is 4.79 Å². The van der Waals surface area contributed by atoms with Crippen LogP contribution in [0.5, 0.6) is 5.75 Å². The van der Waals surface area contributed by atoms with Crippen LogP contribution in [-0.4, -0.2) is 22.2 Å². The third kappa shape index (κ3) is 4.27. The van der Waals surface area contributed by atoms with Crippen LogP contribution in [0.1, 0.15) is 21.9 Å². The van der Waals surface area contributed by atoms with Crippen molar-refractivity contribution in [2.45, 2.75) is 19.8 Å². The van der Waals surface area contributed by atoms with Gasteiger partial charge in [0, 0.05) is 11.9 Å². The lowest BCUT2D eigenvalue weighted by Gasteiger charge is -2.10. The fourth-order valence-corrected chi connectivity index (χ4v) is 2.44. The Hall–Kier alpha value is -3.16. The number of aryl methyl sites for hydroxylation is 1. The first kappa shape index (κ1) is 17.7. The van der Waals surface area contributed by atoms with Crippen LogP contribution in [0.25, 0.3) is 10.9 Å². The van der Waals surface area contributed by atoms with E-state index >= 15 is 0 Å². The zero-order valence-electron chi connectivity index (χ0n) is 13.7. The third-order valence-electron chi connectivity index (χ3n) is 3.54. The van der Waals surface area contributed by atoms with E-state index in [0.29, 0.717) is 22.3 Å². The number of hydrogen-bond acceptors (Lipinski definition) is 4. The first-order valence-electron chi connectivity index (χ1n) is 7.68. The van der Waals surface area contributed by atoms with Crippen LogP contribution in [0.15, 0.2) is 48.5 Å². The number of fused-ring (bicyclic) bond motifs is 1. The van der Waals surface area contributed by atoms with Gasteiger partial charge in [-0.25, -0.2) is 9.97 Å². The largest absolute Gasteiger partial charge is 0.573 e. The fourth-order valence-electron chi connectivity index (χ4n) is 2.44. The van der Waals surface area contributed by atoms with E-state index in [1.807, 2.05) is 6.07 Å². The molecule has 1 amide bonds. The van der Waals surface area contributed by atoms with E-state index in [1.54, 1.807) is 25.1 Å². The number of aromatic nitrogens is 2. The summed E-state index contributed by atoms with van der Waals surface area (Å²) in [5.41, 5.74) is 1.55. The zero-order valence-corrected chi connectivity index (χ0v) is 13.7. The summed E-state index contributed by atoms with van der Waals surface area (Å²) in [5.74, 6) is -0.227. The van der Waals surface area contributed by atoms with Gasteiger partial charge in [0.1, 0.15) is 17.3 Å². The number of carbonyl (C=O) groups is 1. The van der Waals surface area contributed by atoms with Crippen LogP contribution in [0.2, 0.25) is 0 Å². The summed E-state index contributed by atoms with van der Waals surface area (Å²) in [6, 6.07) is 12.4. The summed E-state index contributed by atoms with van der Waals surface area (Å²) in [6.07, 6.45) is -4.73. The first-order valence-corrected chi connectivity index (χ1v) is 7.68. The molecular formula is C18H14F3N3O2. The summed E-state index contributed by atoms with van der Waals surface area (Å²) in [4.78, 5) is 20.9. The molecule has 2 aromatic carbocycles. The molecule has 8 heteroatoms. The topological polar surface area (TPSA) is 64.1 Å². The van der Waals surface area contributed by atoms with Gasteiger partial charge >= 0.3 is 6.36 Å².